The number of nitrogens with two attached hydrogens (primary N) is 1. The molecule has 25 heavy (non-hydrogen) atoms. The van der Waals surface area contributed by atoms with Gasteiger partial charge in [0, 0.05) is 11.8 Å². The molecule has 6 heteroatoms. The Bertz CT molecular complexity index is 853. The lowest BCUT2D eigenvalue weighted by Crippen LogP contribution is -2.14. The van der Waals surface area contributed by atoms with Crippen LogP contribution >= 0.6 is 0 Å². The van der Waals surface area contributed by atoms with Crippen molar-refractivity contribution >= 4 is 27.7 Å². The van der Waals surface area contributed by atoms with Crippen molar-refractivity contribution in [1.29, 1.82) is 0 Å². The molecule has 3 N–H and O–H groups in total. The Hall–Kier alpha value is -2.44. The van der Waals surface area contributed by atoms with Crippen molar-refractivity contribution in [2.24, 2.45) is 5.14 Å². The molecular formula is C19H22N2O3S. The maximum absolute atomic E-state index is 12.0. The van der Waals surface area contributed by atoms with Crippen LogP contribution in [0.15, 0.2) is 54.6 Å². The Balaban J connectivity index is 1.95. The van der Waals surface area contributed by atoms with Crippen molar-refractivity contribution < 1.29 is 13.2 Å². The molecule has 2 rings (SSSR count). The first-order valence-corrected chi connectivity index (χ1v) is 9.63. The van der Waals surface area contributed by atoms with Crippen LogP contribution in [0.3, 0.4) is 0 Å². The second-order valence-electron chi connectivity index (χ2n) is 6.15. The van der Waals surface area contributed by atoms with Gasteiger partial charge in [-0.05, 0) is 40.8 Å². The van der Waals surface area contributed by atoms with Crippen molar-refractivity contribution in [3.05, 3.63) is 71.3 Å². The molecule has 0 heterocycles. The molecule has 0 atom stereocenters. The molecule has 0 radical (unpaired) electrons. The summed E-state index contributed by atoms with van der Waals surface area (Å²) in [5.74, 6) is -0.0151. The third-order valence-corrected chi connectivity index (χ3v) is 4.36. The van der Waals surface area contributed by atoms with Gasteiger partial charge in [-0.25, -0.2) is 13.6 Å². The van der Waals surface area contributed by atoms with Crippen LogP contribution in [0.25, 0.3) is 6.08 Å². The highest BCUT2D eigenvalue weighted by Gasteiger charge is 2.05. The van der Waals surface area contributed by atoms with Gasteiger partial charge < -0.3 is 5.32 Å². The monoisotopic (exact) mass is 358 g/mol. The van der Waals surface area contributed by atoms with Crippen LogP contribution in [0.2, 0.25) is 0 Å². The van der Waals surface area contributed by atoms with E-state index in [1.54, 1.807) is 30.3 Å². The van der Waals surface area contributed by atoms with E-state index in [1.807, 2.05) is 24.3 Å². The average Bonchev–Trinajstić information content (AvgIpc) is 2.54. The third-order valence-electron chi connectivity index (χ3n) is 3.62. The molecule has 0 saturated carbocycles. The summed E-state index contributed by atoms with van der Waals surface area (Å²) in [7, 11) is -3.56. The van der Waals surface area contributed by atoms with Gasteiger partial charge in [-0.1, -0.05) is 50.2 Å². The molecule has 132 valence electrons. The van der Waals surface area contributed by atoms with Crippen LogP contribution < -0.4 is 10.5 Å². The number of anilines is 1. The maximum atomic E-state index is 12.0. The predicted octanol–water partition coefficient (Wildman–Crippen LogP) is 3.25. The first-order chi connectivity index (χ1) is 11.7. The summed E-state index contributed by atoms with van der Waals surface area (Å²) in [6.07, 6.45) is 3.21. The van der Waals surface area contributed by atoms with Crippen LogP contribution in [-0.4, -0.2) is 14.3 Å². The molecule has 0 aliphatic heterocycles. The van der Waals surface area contributed by atoms with E-state index in [1.165, 1.54) is 11.6 Å². The van der Waals surface area contributed by atoms with Gasteiger partial charge in [-0.2, -0.15) is 0 Å². The lowest BCUT2D eigenvalue weighted by Gasteiger charge is -2.05. The lowest BCUT2D eigenvalue weighted by molar-refractivity contribution is -0.111. The Kier molecular flexibility index (Phi) is 6.12. The van der Waals surface area contributed by atoms with E-state index in [0.717, 1.165) is 5.56 Å². The number of carbonyl (C=O) groups is 1. The standard InChI is InChI=1S/C19H22N2O3S/c1-14(2)17-8-3-15(4-9-17)7-12-19(22)21-18-10-5-16(6-11-18)13-25(20,23)24/h3-12,14H,13H2,1-2H3,(H,21,22)(H2,20,23,24)/b12-7+. The van der Waals surface area contributed by atoms with Gasteiger partial charge >= 0.3 is 0 Å². The molecule has 5 nitrogen and oxygen atoms in total. The fourth-order valence-electron chi connectivity index (χ4n) is 2.26. The van der Waals surface area contributed by atoms with Crippen LogP contribution in [0.1, 0.15) is 36.5 Å². The summed E-state index contributed by atoms with van der Waals surface area (Å²) < 4.78 is 22.1. The zero-order chi connectivity index (χ0) is 18.4. The Morgan fingerprint density at radius 1 is 1.08 bits per heavy atom. The van der Waals surface area contributed by atoms with Crippen LogP contribution in [0, 0.1) is 0 Å². The van der Waals surface area contributed by atoms with Gasteiger partial charge in [0.05, 0.1) is 5.75 Å². The molecule has 0 saturated heterocycles. The highest BCUT2D eigenvalue weighted by molar-refractivity contribution is 7.88. The molecule has 0 fully saturated rings. The van der Waals surface area contributed by atoms with Gasteiger partial charge in [0.15, 0.2) is 0 Å². The highest BCUT2D eigenvalue weighted by atomic mass is 32.2. The minimum Gasteiger partial charge on any atom is -0.323 e. The molecule has 0 aromatic heterocycles. The zero-order valence-electron chi connectivity index (χ0n) is 14.3. The quantitative estimate of drug-likeness (QED) is 0.777. The minimum absolute atomic E-state index is 0.229. The van der Waals surface area contributed by atoms with Crippen LogP contribution in [0.4, 0.5) is 5.69 Å². The van der Waals surface area contributed by atoms with E-state index in [0.29, 0.717) is 17.2 Å². The highest BCUT2D eigenvalue weighted by Crippen LogP contribution is 2.15. The number of carbonyl (C=O) groups excluding carboxylic acids is 1. The number of primary sulfonamides is 1. The molecule has 1 amide bonds. The van der Waals surface area contributed by atoms with E-state index in [4.69, 9.17) is 5.14 Å². The number of nitrogens with one attached hydrogen (secondary N) is 1. The molecule has 2 aromatic rings. The lowest BCUT2D eigenvalue weighted by atomic mass is 10.0. The summed E-state index contributed by atoms with van der Waals surface area (Å²) >= 11 is 0. The van der Waals surface area contributed by atoms with E-state index in [9.17, 15) is 13.2 Å². The number of sulfonamides is 1. The first kappa shape index (κ1) is 18.9. The molecule has 0 aliphatic rings. The minimum atomic E-state index is -3.56. The molecule has 2 aromatic carbocycles. The topological polar surface area (TPSA) is 89.3 Å². The Labute approximate surface area is 148 Å². The molecule has 0 bridgehead atoms. The van der Waals surface area contributed by atoms with Crippen molar-refractivity contribution in [2.45, 2.75) is 25.5 Å². The Morgan fingerprint density at radius 3 is 2.20 bits per heavy atom. The largest absolute Gasteiger partial charge is 0.323 e. The van der Waals surface area contributed by atoms with E-state index in [-0.39, 0.29) is 11.7 Å². The van der Waals surface area contributed by atoms with Gasteiger partial charge in [0.25, 0.3) is 0 Å². The molecule has 0 unspecified atom stereocenters. The summed E-state index contributed by atoms with van der Waals surface area (Å²) in [4.78, 5) is 12.0. The number of rotatable bonds is 6. The zero-order valence-corrected chi connectivity index (χ0v) is 15.1. The van der Waals surface area contributed by atoms with Gasteiger partial charge in [0.2, 0.25) is 15.9 Å². The number of hydrogen-bond acceptors (Lipinski definition) is 3. The third kappa shape index (κ3) is 6.52. The first-order valence-electron chi connectivity index (χ1n) is 7.91. The van der Waals surface area contributed by atoms with Gasteiger partial charge in [-0.3, -0.25) is 4.79 Å². The predicted molar refractivity (Wildman–Crippen MR) is 101 cm³/mol. The van der Waals surface area contributed by atoms with E-state index >= 15 is 0 Å². The van der Waals surface area contributed by atoms with E-state index < -0.39 is 10.0 Å². The van der Waals surface area contributed by atoms with Gasteiger partial charge in [0.1, 0.15) is 0 Å². The van der Waals surface area contributed by atoms with Crippen molar-refractivity contribution in [3.63, 3.8) is 0 Å². The summed E-state index contributed by atoms with van der Waals surface area (Å²) in [5.41, 5.74) is 3.36. The van der Waals surface area contributed by atoms with Crippen LogP contribution in [-0.2, 0) is 20.6 Å². The smallest absolute Gasteiger partial charge is 0.248 e. The van der Waals surface area contributed by atoms with E-state index in [2.05, 4.69) is 19.2 Å². The van der Waals surface area contributed by atoms with Crippen molar-refractivity contribution in [3.8, 4) is 0 Å². The summed E-state index contributed by atoms with van der Waals surface area (Å²) in [6, 6.07) is 14.6. The van der Waals surface area contributed by atoms with Crippen molar-refractivity contribution in [1.82, 2.24) is 0 Å². The average molecular weight is 358 g/mol. The number of amides is 1. The second kappa shape index (κ2) is 8.09. The fraction of sp³-hybridized carbons (Fsp3) is 0.211. The second-order valence-corrected chi connectivity index (χ2v) is 7.76. The Morgan fingerprint density at radius 2 is 1.68 bits per heavy atom. The molecule has 0 spiro atoms. The number of benzene rings is 2. The molecular weight excluding hydrogens is 336 g/mol. The molecule has 0 aliphatic carbocycles. The van der Waals surface area contributed by atoms with Gasteiger partial charge in [-0.15, -0.1) is 0 Å². The summed E-state index contributed by atoms with van der Waals surface area (Å²) in [5, 5.41) is 7.73. The SMILES string of the molecule is CC(C)c1ccc(/C=C/C(=O)Nc2ccc(CS(N)(=O)=O)cc2)cc1. The normalized spacial score (nSPS) is 11.8. The van der Waals surface area contributed by atoms with Crippen molar-refractivity contribution in [2.75, 3.05) is 5.32 Å². The summed E-state index contributed by atoms with van der Waals surface area (Å²) in [6.45, 7) is 4.26. The van der Waals surface area contributed by atoms with Crippen LogP contribution in [0.5, 0.6) is 0 Å². The maximum Gasteiger partial charge on any atom is 0.248 e. The fourth-order valence-corrected chi connectivity index (χ4v) is 2.92. The number of hydrogen-bond donors (Lipinski definition) is 2.